The van der Waals surface area contributed by atoms with E-state index in [2.05, 4.69) is 66.7 Å². The first-order chi connectivity index (χ1) is 60.7. The Hall–Kier alpha value is -12.5. The lowest BCUT2D eigenvalue weighted by atomic mass is 9.84. The van der Waals surface area contributed by atoms with Crippen molar-refractivity contribution < 1.29 is 108 Å². The van der Waals surface area contributed by atoms with Gasteiger partial charge in [-0.05, 0) is 232 Å². The maximum atomic E-state index is 14.1. The molecule has 0 radical (unpaired) electrons. The number of hydrogen-bond donors (Lipinski definition) is 3. The number of anilines is 1. The minimum atomic E-state index is -1.30. The van der Waals surface area contributed by atoms with Crippen LogP contribution in [-0.2, 0) is 51.4 Å². The van der Waals surface area contributed by atoms with Crippen molar-refractivity contribution in [2.75, 3.05) is 5.73 Å². The van der Waals surface area contributed by atoms with Gasteiger partial charge >= 0.3 is 5.97 Å². The number of carboxylic acid groups (broad SMARTS) is 1. The monoisotopic (exact) mass is 2020 g/mol. The number of aldehydes is 3. The number of nitrogens with two attached hydrogens (primary N) is 2. The molecular weight excluding hydrogens is 1920 g/mol. The number of carboxylic acids is 1. The van der Waals surface area contributed by atoms with Gasteiger partial charge in [-0.25, -0.2) is 103 Å². The molecule has 9 aromatic carbocycles. The number of hydrogen-bond acceptors (Lipinski definition) is 10. The Balaban J connectivity index is -0.00000152. The molecule has 14 nitrogen and oxygen atoms in total. The number of nitrogen functional groups attached to an aromatic ring is 1. The summed E-state index contributed by atoms with van der Waals surface area (Å²) in [5.41, 5.74) is 8.56. The van der Waals surface area contributed by atoms with Gasteiger partial charge in [-0.15, -0.1) is 0 Å². The van der Waals surface area contributed by atoms with E-state index in [0.717, 1.165) is 72.9 Å². The molecule has 0 spiro atoms. The standard InChI is InChI=1S/C20H16F4N2O2.C20H16F4N2O.C17H16F4N2.C11H10F3N.C7H4BrF3.C6H6FN.C5H10.C4H7N.C3H3BrO2.C2H6.4CH4/c1-20(2,9-13-14(22)7-8-15(23)17(13)24)19-25-10-16(18(27)28)26(19)12-5-3-11(21)4-6-12;1-20(2,9-15-16(22)7-8-17(23)18(15)24)19-25-10-14(11-27)26(19)13-5-3-12(21)4-6-13;1-17(2,9-12-13(19)7-8-14(20)15(12)21)16(22)23-11-5-3-10(18)4-6-11;1-11(2,6-15)5-7-8(12)3-4-9(13)10(7)14;8-3-4-5(9)1-2-6(10)7(4)11;7-5-1-3-6(8)4-2-5;1-4-5(2)3;1-4(2)3-5;4-3(1-5)2-6;1-2;;;;/h3-8,10H,9H2,1-2H3,(H,27,28);3-8,10-11H,9H2,1-2H3;3-8H,9H2,1-2H3,(H2,22,23);3-4H,5H2,1-2H3;1-2H,3H2;1-4H,8H2;4H,1-3H3;4H,1-2H3;1-3H;1-2H3;4*1H4. The molecule has 0 atom stereocenters. The number of alkyl halides is 2. The number of amidine groups is 1. The second kappa shape index (κ2) is 59.2. The van der Waals surface area contributed by atoms with E-state index in [1.807, 2.05) is 46.8 Å². The Morgan fingerprint density at radius 2 is 0.754 bits per heavy atom. The lowest BCUT2D eigenvalue weighted by Crippen LogP contribution is -2.34. The number of benzene rings is 9. The number of aromatic carboxylic acids is 1. The van der Waals surface area contributed by atoms with E-state index in [-0.39, 0.29) is 112 Å². The Labute approximate surface area is 787 Å². The summed E-state index contributed by atoms with van der Waals surface area (Å²) in [5.74, 6) is -17.9. The number of carbonyl (C=O) groups excluding carboxylic acids is 3. The van der Waals surface area contributed by atoms with Crippen molar-refractivity contribution in [2.24, 2.45) is 27.5 Å². The van der Waals surface area contributed by atoms with Crippen LogP contribution < -0.4 is 11.5 Å². The summed E-state index contributed by atoms with van der Waals surface area (Å²) in [6, 6.07) is 33.4. The Morgan fingerprint density at radius 3 is 1.04 bits per heavy atom. The smallest absolute Gasteiger partial charge is 0.354 e. The van der Waals surface area contributed by atoms with E-state index in [0.29, 0.717) is 53.5 Å². The molecule has 0 amide bonds. The van der Waals surface area contributed by atoms with Gasteiger partial charge in [0.25, 0.3) is 0 Å². The third kappa shape index (κ3) is 39.0. The molecule has 0 bridgehead atoms. The van der Waals surface area contributed by atoms with Crippen LogP contribution in [0.3, 0.4) is 0 Å². The van der Waals surface area contributed by atoms with E-state index in [1.165, 1.54) is 120 Å². The van der Waals surface area contributed by atoms with E-state index in [4.69, 9.17) is 22.0 Å². The predicted molar refractivity (Wildman–Crippen MR) is 495 cm³/mol. The Kier molecular flexibility index (Phi) is 55.5. The largest absolute Gasteiger partial charge is 0.477 e. The van der Waals surface area contributed by atoms with Crippen LogP contribution in [0.5, 0.6) is 0 Å². The highest BCUT2D eigenvalue weighted by Crippen LogP contribution is 2.36. The van der Waals surface area contributed by atoms with Crippen molar-refractivity contribution in [1.29, 1.82) is 10.5 Å². The highest BCUT2D eigenvalue weighted by molar-refractivity contribution is 9.10. The number of carbonyl (C=O) groups is 4. The molecule has 11 aromatic rings. The first kappa shape index (κ1) is 126. The molecule has 0 aliphatic carbocycles. The third-order valence-electron chi connectivity index (χ3n) is 17.6. The normalized spacial score (nSPS) is 10.5. The summed E-state index contributed by atoms with van der Waals surface area (Å²) in [6.45, 7) is 26.8. The average molecular weight is 2030 g/mol. The molecule has 0 aliphatic rings. The second-order valence-electron chi connectivity index (χ2n) is 30.5. The van der Waals surface area contributed by atoms with Crippen LogP contribution in [0, 0.1) is 150 Å². The molecule has 2 heterocycles. The van der Waals surface area contributed by atoms with Crippen LogP contribution >= 0.6 is 31.9 Å². The maximum absolute atomic E-state index is 14.1. The minimum absolute atomic E-state index is 0. The minimum Gasteiger partial charge on any atom is -0.477 e. The van der Waals surface area contributed by atoms with Gasteiger partial charge in [0.05, 0.1) is 35.6 Å². The van der Waals surface area contributed by atoms with Gasteiger partial charge in [0.2, 0.25) is 0 Å². The number of aliphatic imine (C=N–C) groups is 1. The molecule has 728 valence electrons. The van der Waals surface area contributed by atoms with Crippen molar-refractivity contribution >= 4 is 73.9 Å². The summed E-state index contributed by atoms with van der Waals surface area (Å²) >= 11 is 5.59. The number of rotatable bonds is 19. The summed E-state index contributed by atoms with van der Waals surface area (Å²) in [7, 11) is 0. The average Bonchev–Trinajstić information content (AvgIpc) is 1.60. The van der Waals surface area contributed by atoms with Crippen LogP contribution in [0.25, 0.3) is 11.4 Å². The van der Waals surface area contributed by atoms with Crippen molar-refractivity contribution in [3.05, 3.63) is 343 Å². The predicted octanol–water partition coefficient (Wildman–Crippen LogP) is 28.4. The zero-order valence-corrected chi connectivity index (χ0v) is 76.1. The van der Waals surface area contributed by atoms with Crippen molar-refractivity contribution in [1.82, 2.24) is 19.1 Å². The van der Waals surface area contributed by atoms with Gasteiger partial charge < -0.3 is 26.2 Å². The second-order valence-corrected chi connectivity index (χ2v) is 32.1. The zero-order chi connectivity index (χ0) is 99.2. The number of allylic oxidation sites excluding steroid dienone is 2. The fourth-order valence-electron chi connectivity index (χ4n) is 10.6. The molecule has 0 saturated carbocycles. The first-order valence-corrected chi connectivity index (χ1v) is 40.9. The van der Waals surface area contributed by atoms with E-state index >= 15 is 0 Å². The van der Waals surface area contributed by atoms with E-state index < -0.39 is 148 Å². The molecule has 11 rings (SSSR count). The van der Waals surface area contributed by atoms with E-state index in [9.17, 15) is 108 Å². The van der Waals surface area contributed by atoms with Crippen molar-refractivity contribution in [2.45, 2.75) is 180 Å². The van der Waals surface area contributed by atoms with Gasteiger partial charge in [-0.2, -0.15) is 10.5 Å². The maximum Gasteiger partial charge on any atom is 0.354 e. The number of nitrogens with zero attached hydrogens (tertiary/aromatic N) is 7. The van der Waals surface area contributed by atoms with Crippen LogP contribution in [0.15, 0.2) is 187 Å². The molecule has 0 unspecified atom stereocenters. The highest BCUT2D eigenvalue weighted by atomic mass is 79.9. The lowest BCUT2D eigenvalue weighted by molar-refractivity contribution is -0.113. The molecule has 2 aromatic heterocycles. The van der Waals surface area contributed by atoms with Gasteiger partial charge in [0.15, 0.2) is 70.2 Å². The molecule has 0 aliphatic heterocycles. The molecular formula is C99H110Br2F19N9O5. The highest BCUT2D eigenvalue weighted by Gasteiger charge is 2.35. The lowest BCUT2D eigenvalue weighted by Gasteiger charge is -2.26. The number of halogens is 21. The van der Waals surface area contributed by atoms with Gasteiger partial charge in [-0.1, -0.05) is 129 Å². The summed E-state index contributed by atoms with van der Waals surface area (Å²) < 4.78 is 255. The Morgan fingerprint density at radius 1 is 0.470 bits per heavy atom. The number of aromatic nitrogens is 4. The van der Waals surface area contributed by atoms with Crippen molar-refractivity contribution in [3.63, 3.8) is 0 Å². The Bertz CT molecular complexity index is 5690. The number of imidazole rings is 2. The van der Waals surface area contributed by atoms with E-state index in [1.54, 1.807) is 41.5 Å². The summed E-state index contributed by atoms with van der Waals surface area (Å²) in [5, 5.41) is 26.1. The molecule has 0 fully saturated rings. The van der Waals surface area contributed by atoms with Gasteiger partial charge in [0, 0.05) is 72.4 Å². The van der Waals surface area contributed by atoms with Gasteiger partial charge in [0.1, 0.15) is 92.9 Å². The zero-order valence-electron chi connectivity index (χ0n) is 73.0. The fraction of sp³-hybridized carbons (Fsp3) is 0.303. The van der Waals surface area contributed by atoms with Crippen LogP contribution in [-0.4, -0.2) is 59.7 Å². The number of nitriles is 2. The summed E-state index contributed by atoms with van der Waals surface area (Å²) in [4.78, 5) is 53.8. The molecule has 0 saturated heterocycles. The summed E-state index contributed by atoms with van der Waals surface area (Å²) in [6.07, 6.45) is 5.35. The van der Waals surface area contributed by atoms with Gasteiger partial charge in [-0.3, -0.25) is 13.9 Å². The SMILES string of the molecule is C.C.C.C.CC.CC(C)(C#N)Cc1c(F)ccc(F)c1F.CC(C)(Cc1c(F)ccc(F)c1F)C(N)=Nc1ccc(F)cc1.CC(C)(Cc1c(F)ccc(F)c1F)c1ncc(C(=O)O)n1-c1ccc(F)cc1.CC(C)(Cc1c(F)ccc(F)c1F)c1ncc(C=O)n1-c1ccc(F)cc1.CC(C)C#N.CC=C(C)C.Fc1ccc(F)c(CBr)c1F.Nc1ccc(F)cc1.O=CC(Br)C=O. The molecule has 134 heavy (non-hydrogen) atoms. The first-order valence-electron chi connectivity index (χ1n) is 38.9. The molecule has 35 heteroatoms. The van der Waals surface area contributed by atoms with Crippen molar-refractivity contribution in [3.8, 4) is 23.5 Å². The van der Waals surface area contributed by atoms with Crippen LogP contribution in [0.1, 0.15) is 194 Å². The molecule has 5 N–H and O–H groups in total. The van der Waals surface area contributed by atoms with Crippen LogP contribution in [0.4, 0.5) is 94.8 Å². The topological polar surface area (TPSA) is 236 Å². The quantitative estimate of drug-likeness (QED) is 0.00792. The van der Waals surface area contributed by atoms with Crippen LogP contribution in [0.2, 0.25) is 0 Å². The third-order valence-corrected chi connectivity index (χ3v) is 18.6. The fourth-order valence-corrected chi connectivity index (χ4v) is 11.1.